The average Bonchev–Trinajstić information content (AvgIpc) is 2.96. The number of amides is 1. The fourth-order valence-electron chi connectivity index (χ4n) is 3.11. The minimum atomic E-state index is -0.817. The first-order valence-corrected chi connectivity index (χ1v) is 8.67. The summed E-state index contributed by atoms with van der Waals surface area (Å²) in [6, 6.07) is 15.0. The van der Waals surface area contributed by atoms with Crippen molar-refractivity contribution in [2.45, 2.75) is 26.7 Å². The number of carbonyl (C=O) groups is 2. The van der Waals surface area contributed by atoms with Crippen molar-refractivity contribution in [3.8, 4) is 5.75 Å². The van der Waals surface area contributed by atoms with Crippen LogP contribution in [-0.4, -0.2) is 24.5 Å². The van der Waals surface area contributed by atoms with Crippen molar-refractivity contribution in [3.05, 3.63) is 59.7 Å². The number of aryl methyl sites for hydroxylation is 1. The van der Waals surface area contributed by atoms with E-state index in [1.54, 1.807) is 38.3 Å². The van der Waals surface area contributed by atoms with E-state index >= 15 is 0 Å². The van der Waals surface area contributed by atoms with Gasteiger partial charge in [0, 0.05) is 6.42 Å². The van der Waals surface area contributed by atoms with Crippen LogP contribution >= 0.6 is 0 Å². The van der Waals surface area contributed by atoms with Crippen LogP contribution in [0.3, 0.4) is 0 Å². The average molecular weight is 350 g/mol. The Morgan fingerprint density at radius 2 is 1.85 bits per heavy atom. The minimum absolute atomic E-state index is 0.125. The summed E-state index contributed by atoms with van der Waals surface area (Å²) in [7, 11) is 1.58. The Morgan fingerprint density at radius 3 is 2.50 bits per heavy atom. The molecular weight excluding hydrogens is 328 g/mol. The Kier molecular flexibility index (Phi) is 5.16. The van der Waals surface area contributed by atoms with Gasteiger partial charge in [0.2, 0.25) is 0 Å². The van der Waals surface area contributed by atoms with Crippen molar-refractivity contribution in [1.82, 2.24) is 0 Å². The van der Waals surface area contributed by atoms with E-state index in [0.29, 0.717) is 17.1 Å². The molecule has 0 saturated carbocycles. The topological polar surface area (TPSA) is 59.0 Å². The van der Waals surface area contributed by atoms with Crippen LogP contribution < -0.4 is 9.75 Å². The van der Waals surface area contributed by atoms with Gasteiger partial charge in [-0.1, -0.05) is 31.2 Å². The van der Waals surface area contributed by atoms with Crippen LogP contribution in [0.25, 0.3) is 0 Å². The number of Topliss-reactive ketones (excluding diaryl/α,β-unsaturated/α-hetero) is 1. The zero-order valence-corrected chi connectivity index (χ0v) is 15.2. The summed E-state index contributed by atoms with van der Waals surface area (Å²) in [5.41, 5.74) is 3.26. The van der Waals surface area contributed by atoms with Gasteiger partial charge in [-0.2, -0.15) is 10.1 Å². The van der Waals surface area contributed by atoms with E-state index in [-0.39, 0.29) is 18.1 Å². The monoisotopic (exact) mass is 350 g/mol. The van der Waals surface area contributed by atoms with Gasteiger partial charge in [-0.15, -0.1) is 0 Å². The van der Waals surface area contributed by atoms with E-state index in [1.165, 1.54) is 10.6 Å². The van der Waals surface area contributed by atoms with Crippen LogP contribution in [-0.2, 0) is 22.4 Å². The molecule has 1 aliphatic rings. The minimum Gasteiger partial charge on any atom is -0.497 e. The number of hydrogen-bond donors (Lipinski definition) is 0. The first-order valence-electron chi connectivity index (χ1n) is 8.67. The summed E-state index contributed by atoms with van der Waals surface area (Å²) in [6.45, 7) is 3.80. The summed E-state index contributed by atoms with van der Waals surface area (Å²) >= 11 is 0. The Labute approximate surface area is 153 Å². The van der Waals surface area contributed by atoms with Gasteiger partial charge in [-0.05, 0) is 48.7 Å². The second-order valence-electron chi connectivity index (χ2n) is 6.34. The molecule has 134 valence electrons. The van der Waals surface area contributed by atoms with Gasteiger partial charge in [0.15, 0.2) is 5.78 Å². The predicted molar refractivity (Wildman–Crippen MR) is 102 cm³/mol. The molecule has 1 heterocycles. The molecule has 26 heavy (non-hydrogen) atoms. The molecule has 5 nitrogen and oxygen atoms in total. The Morgan fingerprint density at radius 1 is 1.15 bits per heavy atom. The third-order valence-electron chi connectivity index (χ3n) is 4.55. The highest BCUT2D eigenvalue weighted by Gasteiger charge is 2.39. The Hall–Kier alpha value is -2.95. The Balaban J connectivity index is 1.77. The molecule has 0 radical (unpaired) electrons. The van der Waals surface area contributed by atoms with Crippen LogP contribution in [0, 0.1) is 5.92 Å². The van der Waals surface area contributed by atoms with E-state index < -0.39 is 5.92 Å². The molecule has 2 aromatic rings. The van der Waals surface area contributed by atoms with E-state index in [0.717, 1.165) is 12.0 Å². The Bertz CT molecular complexity index is 856. The van der Waals surface area contributed by atoms with Crippen molar-refractivity contribution in [1.29, 1.82) is 0 Å². The SMILES string of the molecule is CCc1cccc(CC(=O)C2C(=O)N(c3ccc(OC)cc3)N=C2C)c1. The van der Waals surface area contributed by atoms with Gasteiger partial charge in [0.25, 0.3) is 5.91 Å². The molecule has 0 saturated heterocycles. The largest absolute Gasteiger partial charge is 0.497 e. The number of nitrogens with zero attached hydrogens (tertiary/aromatic N) is 2. The van der Waals surface area contributed by atoms with Gasteiger partial charge in [0.1, 0.15) is 11.7 Å². The van der Waals surface area contributed by atoms with Gasteiger partial charge in [-0.3, -0.25) is 9.59 Å². The molecule has 1 amide bonds. The normalized spacial score (nSPS) is 16.6. The quantitative estimate of drug-likeness (QED) is 0.750. The van der Waals surface area contributed by atoms with Crippen LogP contribution in [0.5, 0.6) is 5.75 Å². The molecule has 0 N–H and O–H groups in total. The summed E-state index contributed by atoms with van der Waals surface area (Å²) < 4.78 is 5.13. The van der Waals surface area contributed by atoms with Crippen LogP contribution in [0.4, 0.5) is 5.69 Å². The molecule has 1 aliphatic heterocycles. The third-order valence-corrected chi connectivity index (χ3v) is 4.55. The molecule has 2 aromatic carbocycles. The van der Waals surface area contributed by atoms with Crippen molar-refractivity contribution in [2.24, 2.45) is 11.0 Å². The van der Waals surface area contributed by atoms with Gasteiger partial charge >= 0.3 is 0 Å². The highest BCUT2D eigenvalue weighted by Crippen LogP contribution is 2.27. The number of benzene rings is 2. The maximum absolute atomic E-state index is 12.8. The summed E-state index contributed by atoms with van der Waals surface area (Å²) in [4.78, 5) is 25.5. The van der Waals surface area contributed by atoms with Gasteiger partial charge in [0.05, 0.1) is 18.5 Å². The highest BCUT2D eigenvalue weighted by molar-refractivity contribution is 6.27. The maximum atomic E-state index is 12.8. The number of methoxy groups -OCH3 is 1. The van der Waals surface area contributed by atoms with Crippen molar-refractivity contribution in [3.63, 3.8) is 0 Å². The number of hydrogen-bond acceptors (Lipinski definition) is 4. The fraction of sp³-hybridized carbons (Fsp3) is 0.286. The smallest absolute Gasteiger partial charge is 0.263 e. The number of ketones is 1. The maximum Gasteiger partial charge on any atom is 0.263 e. The second kappa shape index (κ2) is 7.52. The predicted octanol–water partition coefficient (Wildman–Crippen LogP) is 3.41. The molecule has 3 rings (SSSR count). The zero-order valence-electron chi connectivity index (χ0n) is 15.2. The van der Waals surface area contributed by atoms with Crippen LogP contribution in [0.15, 0.2) is 53.6 Å². The number of ether oxygens (including phenoxy) is 1. The summed E-state index contributed by atoms with van der Waals surface area (Å²) in [6.07, 6.45) is 1.14. The molecule has 5 heteroatoms. The number of anilines is 1. The molecule has 0 fully saturated rings. The standard InChI is InChI=1S/C21H22N2O3/c1-4-15-6-5-7-16(12-15)13-19(24)20-14(2)22-23(21(20)25)17-8-10-18(26-3)11-9-17/h5-12,20H,4,13H2,1-3H3. The first kappa shape index (κ1) is 17.9. The van der Waals surface area contributed by atoms with E-state index in [9.17, 15) is 9.59 Å². The molecule has 0 aromatic heterocycles. The van der Waals surface area contributed by atoms with E-state index in [1.807, 2.05) is 24.3 Å². The lowest BCUT2D eigenvalue weighted by Gasteiger charge is -2.14. The lowest BCUT2D eigenvalue weighted by Crippen LogP contribution is -2.33. The lowest BCUT2D eigenvalue weighted by atomic mass is 9.93. The molecule has 0 spiro atoms. The van der Waals surface area contributed by atoms with E-state index in [2.05, 4.69) is 12.0 Å². The second-order valence-corrected chi connectivity index (χ2v) is 6.34. The first-order chi connectivity index (χ1) is 12.5. The fourth-order valence-corrected chi connectivity index (χ4v) is 3.11. The summed E-state index contributed by atoms with van der Waals surface area (Å²) in [5, 5.41) is 5.62. The number of carbonyl (C=O) groups excluding carboxylic acids is 2. The zero-order chi connectivity index (χ0) is 18.7. The van der Waals surface area contributed by atoms with Gasteiger partial charge in [-0.25, -0.2) is 0 Å². The van der Waals surface area contributed by atoms with Crippen LogP contribution in [0.2, 0.25) is 0 Å². The molecule has 0 bridgehead atoms. The van der Waals surface area contributed by atoms with Crippen molar-refractivity contribution in [2.75, 3.05) is 12.1 Å². The molecule has 1 unspecified atom stereocenters. The van der Waals surface area contributed by atoms with Crippen molar-refractivity contribution >= 4 is 23.1 Å². The van der Waals surface area contributed by atoms with E-state index in [4.69, 9.17) is 4.74 Å². The molecular formula is C21H22N2O3. The number of rotatable bonds is 6. The van der Waals surface area contributed by atoms with Crippen molar-refractivity contribution < 1.29 is 14.3 Å². The molecule has 1 atom stereocenters. The summed E-state index contributed by atoms with van der Waals surface area (Å²) in [5.74, 6) is -0.545. The lowest BCUT2D eigenvalue weighted by molar-refractivity contribution is -0.128. The third kappa shape index (κ3) is 3.52. The van der Waals surface area contributed by atoms with Gasteiger partial charge < -0.3 is 4.74 Å². The number of hydrazone groups is 1. The molecule has 0 aliphatic carbocycles. The highest BCUT2D eigenvalue weighted by atomic mass is 16.5. The van der Waals surface area contributed by atoms with Crippen LogP contribution in [0.1, 0.15) is 25.0 Å².